The Morgan fingerprint density at radius 1 is 1.44 bits per heavy atom. The number of carbonyl (C=O) groups excluding carboxylic acids is 1. The number of fused-ring (bicyclic) bond motifs is 1. The highest BCUT2D eigenvalue weighted by Gasteiger charge is 1.96. The van der Waals surface area contributed by atoms with Crippen molar-refractivity contribution in [2.45, 2.75) is 6.92 Å². The normalized spacial score (nSPS) is 9.81. The summed E-state index contributed by atoms with van der Waals surface area (Å²) < 4.78 is 5.23. The molecule has 0 unspecified atom stereocenters. The van der Waals surface area contributed by atoms with Gasteiger partial charge in [0.15, 0.2) is 5.12 Å². The molecule has 0 saturated heterocycles. The minimum absolute atomic E-state index is 0.0968. The van der Waals surface area contributed by atoms with E-state index in [9.17, 15) is 4.79 Å². The molecular formula is C13H10O2S. The van der Waals surface area contributed by atoms with Crippen LogP contribution >= 0.6 is 11.8 Å². The molecule has 80 valence electrons. The Bertz CT molecular complexity index is 572. The highest BCUT2D eigenvalue weighted by atomic mass is 32.2. The Morgan fingerprint density at radius 2 is 2.31 bits per heavy atom. The SMILES string of the molecule is CC(=O)SCC#Cc1ccc2occc2c1. The van der Waals surface area contributed by atoms with E-state index in [1.807, 2.05) is 24.3 Å². The summed E-state index contributed by atoms with van der Waals surface area (Å²) in [7, 11) is 0. The Balaban J connectivity index is 2.11. The van der Waals surface area contributed by atoms with E-state index in [2.05, 4.69) is 11.8 Å². The van der Waals surface area contributed by atoms with E-state index < -0.39 is 0 Å². The number of benzene rings is 1. The van der Waals surface area contributed by atoms with Gasteiger partial charge in [-0.1, -0.05) is 23.6 Å². The first-order valence-electron chi connectivity index (χ1n) is 4.85. The molecule has 2 nitrogen and oxygen atoms in total. The highest BCUT2D eigenvalue weighted by molar-refractivity contribution is 8.13. The van der Waals surface area contributed by atoms with Crippen molar-refractivity contribution in [1.29, 1.82) is 0 Å². The number of carbonyl (C=O) groups is 1. The number of hydrogen-bond acceptors (Lipinski definition) is 3. The smallest absolute Gasteiger partial charge is 0.186 e. The molecular weight excluding hydrogens is 220 g/mol. The molecule has 0 aliphatic carbocycles. The lowest BCUT2D eigenvalue weighted by Crippen LogP contribution is -1.82. The van der Waals surface area contributed by atoms with Crippen LogP contribution < -0.4 is 0 Å². The first kappa shape index (κ1) is 10.8. The van der Waals surface area contributed by atoms with Crippen molar-refractivity contribution in [3.05, 3.63) is 36.1 Å². The third-order valence-electron chi connectivity index (χ3n) is 2.03. The first-order valence-corrected chi connectivity index (χ1v) is 5.84. The van der Waals surface area contributed by atoms with E-state index in [1.54, 1.807) is 13.2 Å². The average Bonchev–Trinajstić information content (AvgIpc) is 2.71. The maximum Gasteiger partial charge on any atom is 0.186 e. The molecule has 0 spiro atoms. The number of rotatable bonds is 1. The highest BCUT2D eigenvalue weighted by Crippen LogP contribution is 2.16. The van der Waals surface area contributed by atoms with Crippen LogP contribution in [0, 0.1) is 11.8 Å². The number of furan rings is 1. The predicted octanol–water partition coefficient (Wildman–Crippen LogP) is 3.06. The van der Waals surface area contributed by atoms with Gasteiger partial charge in [0.25, 0.3) is 0 Å². The standard InChI is InChI=1S/C13H10O2S/c1-10(14)16-8-2-3-11-4-5-13-12(9-11)6-7-15-13/h4-7,9H,8H2,1H3. The molecule has 2 rings (SSSR count). The van der Waals surface area contributed by atoms with Crippen molar-refractivity contribution in [1.82, 2.24) is 0 Å². The summed E-state index contributed by atoms with van der Waals surface area (Å²) in [6, 6.07) is 7.70. The Morgan fingerprint density at radius 3 is 3.12 bits per heavy atom. The summed E-state index contributed by atoms with van der Waals surface area (Å²) in [4.78, 5) is 10.7. The van der Waals surface area contributed by atoms with Crippen molar-refractivity contribution in [3.63, 3.8) is 0 Å². The van der Waals surface area contributed by atoms with Crippen LogP contribution in [0.4, 0.5) is 0 Å². The summed E-state index contributed by atoms with van der Waals surface area (Å²) in [6.45, 7) is 1.55. The lowest BCUT2D eigenvalue weighted by Gasteiger charge is -1.90. The summed E-state index contributed by atoms with van der Waals surface area (Å²) in [6.07, 6.45) is 1.66. The zero-order chi connectivity index (χ0) is 11.4. The summed E-state index contributed by atoms with van der Waals surface area (Å²) >= 11 is 1.22. The fourth-order valence-corrected chi connectivity index (χ4v) is 1.67. The molecule has 1 heterocycles. The number of hydrogen-bond donors (Lipinski definition) is 0. The average molecular weight is 230 g/mol. The third kappa shape index (κ3) is 2.68. The maximum absolute atomic E-state index is 10.7. The van der Waals surface area contributed by atoms with Gasteiger partial charge in [0, 0.05) is 17.9 Å². The topological polar surface area (TPSA) is 30.2 Å². The summed E-state index contributed by atoms with van der Waals surface area (Å²) in [5.74, 6) is 6.51. The predicted molar refractivity (Wildman–Crippen MR) is 66.2 cm³/mol. The van der Waals surface area contributed by atoms with E-state index in [-0.39, 0.29) is 5.12 Å². The van der Waals surface area contributed by atoms with Gasteiger partial charge in [0.2, 0.25) is 0 Å². The van der Waals surface area contributed by atoms with Gasteiger partial charge in [-0.2, -0.15) is 0 Å². The van der Waals surface area contributed by atoms with Crippen molar-refractivity contribution < 1.29 is 9.21 Å². The minimum Gasteiger partial charge on any atom is -0.464 e. The molecule has 0 aliphatic heterocycles. The van der Waals surface area contributed by atoms with Crippen molar-refractivity contribution in [3.8, 4) is 11.8 Å². The molecule has 0 N–H and O–H groups in total. The van der Waals surface area contributed by atoms with E-state index in [0.717, 1.165) is 16.5 Å². The lowest BCUT2D eigenvalue weighted by molar-refractivity contribution is -0.109. The van der Waals surface area contributed by atoms with Gasteiger partial charge in [-0.15, -0.1) is 0 Å². The van der Waals surface area contributed by atoms with Gasteiger partial charge in [-0.3, -0.25) is 4.79 Å². The number of thioether (sulfide) groups is 1. The van der Waals surface area contributed by atoms with E-state index >= 15 is 0 Å². The molecule has 1 aromatic heterocycles. The van der Waals surface area contributed by atoms with Crippen LogP contribution in [0.3, 0.4) is 0 Å². The molecule has 3 heteroatoms. The second kappa shape index (κ2) is 4.91. The van der Waals surface area contributed by atoms with Gasteiger partial charge in [0.05, 0.1) is 12.0 Å². The molecule has 0 saturated carbocycles. The molecule has 0 aliphatic rings. The van der Waals surface area contributed by atoms with Crippen LogP contribution in [0.2, 0.25) is 0 Å². The van der Waals surface area contributed by atoms with Gasteiger partial charge in [-0.25, -0.2) is 0 Å². The Hall–Kier alpha value is -1.66. The van der Waals surface area contributed by atoms with E-state index in [0.29, 0.717) is 5.75 Å². The summed E-state index contributed by atoms with van der Waals surface area (Å²) in [5.41, 5.74) is 1.81. The van der Waals surface area contributed by atoms with Gasteiger partial charge >= 0.3 is 0 Å². The Labute approximate surface area is 98.0 Å². The maximum atomic E-state index is 10.7. The molecule has 0 atom stereocenters. The van der Waals surface area contributed by atoms with Crippen LogP contribution in [0.25, 0.3) is 11.0 Å². The zero-order valence-corrected chi connectivity index (χ0v) is 9.64. The quantitative estimate of drug-likeness (QED) is 0.705. The van der Waals surface area contributed by atoms with Crippen molar-refractivity contribution >= 4 is 27.8 Å². The molecule has 0 radical (unpaired) electrons. The van der Waals surface area contributed by atoms with Crippen molar-refractivity contribution in [2.24, 2.45) is 0 Å². The molecule has 0 amide bonds. The Kier molecular flexibility index (Phi) is 3.33. The monoisotopic (exact) mass is 230 g/mol. The molecule has 0 bridgehead atoms. The lowest BCUT2D eigenvalue weighted by atomic mass is 10.2. The minimum atomic E-state index is 0.0968. The molecule has 0 fully saturated rings. The van der Waals surface area contributed by atoms with Crippen LogP contribution in [0.5, 0.6) is 0 Å². The second-order valence-electron chi connectivity index (χ2n) is 3.26. The first-order chi connectivity index (χ1) is 7.75. The fourth-order valence-electron chi connectivity index (χ4n) is 1.32. The van der Waals surface area contributed by atoms with E-state index in [4.69, 9.17) is 4.42 Å². The molecule has 16 heavy (non-hydrogen) atoms. The van der Waals surface area contributed by atoms with E-state index in [1.165, 1.54) is 11.8 Å². The molecule has 2 aromatic rings. The third-order valence-corrected chi connectivity index (χ3v) is 2.73. The van der Waals surface area contributed by atoms with Gasteiger partial charge < -0.3 is 4.42 Å². The van der Waals surface area contributed by atoms with Gasteiger partial charge in [-0.05, 0) is 24.3 Å². The van der Waals surface area contributed by atoms with Crippen LogP contribution in [0.1, 0.15) is 12.5 Å². The molecule has 1 aromatic carbocycles. The van der Waals surface area contributed by atoms with Crippen LogP contribution in [-0.2, 0) is 4.79 Å². The van der Waals surface area contributed by atoms with Gasteiger partial charge in [0.1, 0.15) is 5.58 Å². The zero-order valence-electron chi connectivity index (χ0n) is 8.82. The van der Waals surface area contributed by atoms with Crippen LogP contribution in [0.15, 0.2) is 34.9 Å². The second-order valence-corrected chi connectivity index (χ2v) is 4.41. The largest absolute Gasteiger partial charge is 0.464 e. The van der Waals surface area contributed by atoms with Crippen LogP contribution in [-0.4, -0.2) is 10.9 Å². The fraction of sp³-hybridized carbons (Fsp3) is 0.154. The summed E-state index contributed by atoms with van der Waals surface area (Å²) in [5, 5.41) is 1.14. The van der Waals surface area contributed by atoms with Crippen molar-refractivity contribution in [2.75, 3.05) is 5.75 Å².